The van der Waals surface area contributed by atoms with Gasteiger partial charge in [-0.05, 0) is 26.4 Å². The maximum Gasteiger partial charge on any atom is 0.0926 e. The first-order valence-electron chi connectivity index (χ1n) is 5.64. The third-order valence-electron chi connectivity index (χ3n) is 2.97. The predicted octanol–water partition coefficient (Wildman–Crippen LogP) is 1.92. The third-order valence-corrected chi connectivity index (χ3v) is 4.01. The molecule has 1 aliphatic heterocycles. The van der Waals surface area contributed by atoms with Gasteiger partial charge in [0.1, 0.15) is 0 Å². The fraction of sp³-hybridized carbons (Fsp3) is 0.727. The van der Waals surface area contributed by atoms with Gasteiger partial charge in [0.05, 0.1) is 10.7 Å². The molecule has 0 spiro atoms. The minimum atomic E-state index is 0. The molecule has 1 saturated heterocycles. The van der Waals surface area contributed by atoms with Crippen molar-refractivity contribution < 1.29 is 0 Å². The van der Waals surface area contributed by atoms with Gasteiger partial charge in [0.25, 0.3) is 0 Å². The number of nitrogens with zero attached hydrogens (tertiary/aromatic N) is 2. The van der Waals surface area contributed by atoms with Crippen molar-refractivity contribution in [1.29, 1.82) is 0 Å². The number of halogens is 1. The first-order valence-corrected chi connectivity index (χ1v) is 6.51. The Morgan fingerprint density at radius 1 is 1.62 bits per heavy atom. The highest BCUT2D eigenvalue weighted by molar-refractivity contribution is 7.09. The molecule has 0 aromatic carbocycles. The van der Waals surface area contributed by atoms with Crippen LogP contribution in [0.25, 0.3) is 0 Å². The van der Waals surface area contributed by atoms with E-state index < -0.39 is 0 Å². The van der Waals surface area contributed by atoms with Gasteiger partial charge in [-0.1, -0.05) is 6.92 Å². The zero-order valence-corrected chi connectivity index (χ0v) is 11.5. The zero-order valence-electron chi connectivity index (χ0n) is 9.90. The Morgan fingerprint density at radius 3 is 3.00 bits per heavy atom. The summed E-state index contributed by atoms with van der Waals surface area (Å²) in [6.07, 6.45) is 2.32. The Balaban J connectivity index is 0.00000128. The van der Waals surface area contributed by atoms with E-state index in [0.29, 0.717) is 6.04 Å². The topological polar surface area (TPSA) is 28.2 Å². The van der Waals surface area contributed by atoms with E-state index in [0.717, 1.165) is 26.1 Å². The van der Waals surface area contributed by atoms with Crippen LogP contribution in [0.2, 0.25) is 0 Å². The smallest absolute Gasteiger partial charge is 0.0926 e. The van der Waals surface area contributed by atoms with Crippen LogP contribution in [0.5, 0.6) is 0 Å². The minimum Gasteiger partial charge on any atom is -0.315 e. The predicted molar refractivity (Wildman–Crippen MR) is 71.5 cm³/mol. The maximum atomic E-state index is 4.60. The molecule has 16 heavy (non-hydrogen) atoms. The van der Waals surface area contributed by atoms with Crippen molar-refractivity contribution in [2.75, 3.05) is 20.1 Å². The molecule has 1 atom stereocenters. The lowest BCUT2D eigenvalue weighted by molar-refractivity contribution is 0.246. The van der Waals surface area contributed by atoms with Gasteiger partial charge in [-0.15, -0.1) is 23.7 Å². The number of aryl methyl sites for hydroxylation is 1. The van der Waals surface area contributed by atoms with Crippen LogP contribution in [0, 0.1) is 0 Å². The molecule has 0 saturated carbocycles. The zero-order chi connectivity index (χ0) is 10.7. The molecular formula is C11H20ClN3S. The average molecular weight is 262 g/mol. The fourth-order valence-corrected chi connectivity index (χ4v) is 2.72. The molecule has 2 heterocycles. The van der Waals surface area contributed by atoms with Gasteiger partial charge < -0.3 is 5.32 Å². The summed E-state index contributed by atoms with van der Waals surface area (Å²) in [4.78, 5) is 7.01. The summed E-state index contributed by atoms with van der Waals surface area (Å²) in [5.74, 6) is 0. The average Bonchev–Trinajstić information content (AvgIpc) is 2.87. The molecule has 0 radical (unpaired) electrons. The number of rotatable bonds is 4. The lowest BCUT2D eigenvalue weighted by atomic mass is 10.2. The lowest BCUT2D eigenvalue weighted by Gasteiger charge is -2.22. The molecule has 1 unspecified atom stereocenters. The first-order chi connectivity index (χ1) is 7.29. The monoisotopic (exact) mass is 261 g/mol. The van der Waals surface area contributed by atoms with Crippen molar-refractivity contribution in [3.05, 3.63) is 16.1 Å². The van der Waals surface area contributed by atoms with Crippen LogP contribution >= 0.6 is 23.7 Å². The number of aromatic nitrogens is 1. The highest BCUT2D eigenvalue weighted by Crippen LogP contribution is 2.14. The SMILES string of the molecule is CCc1nc(CN(C)C2CCNC2)cs1.Cl. The van der Waals surface area contributed by atoms with Crippen LogP contribution in [-0.2, 0) is 13.0 Å². The van der Waals surface area contributed by atoms with Crippen molar-refractivity contribution >= 4 is 23.7 Å². The Bertz CT molecular complexity index is 310. The maximum absolute atomic E-state index is 4.60. The number of hydrogen-bond acceptors (Lipinski definition) is 4. The Kier molecular flexibility index (Phi) is 5.69. The Morgan fingerprint density at radius 2 is 2.44 bits per heavy atom. The second kappa shape index (κ2) is 6.55. The number of hydrogen-bond donors (Lipinski definition) is 1. The van der Waals surface area contributed by atoms with E-state index in [4.69, 9.17) is 0 Å². The summed E-state index contributed by atoms with van der Waals surface area (Å²) in [6.45, 7) is 5.43. The summed E-state index contributed by atoms with van der Waals surface area (Å²) in [5, 5.41) is 6.84. The summed E-state index contributed by atoms with van der Waals surface area (Å²) in [7, 11) is 2.20. The third kappa shape index (κ3) is 3.42. The molecule has 1 aromatic rings. The van der Waals surface area contributed by atoms with E-state index in [1.807, 2.05) is 0 Å². The van der Waals surface area contributed by atoms with Crippen LogP contribution in [0.15, 0.2) is 5.38 Å². The van der Waals surface area contributed by atoms with Crippen molar-refractivity contribution in [2.45, 2.75) is 32.4 Å². The molecule has 0 aliphatic carbocycles. The van der Waals surface area contributed by atoms with Crippen molar-refractivity contribution in [1.82, 2.24) is 15.2 Å². The fourth-order valence-electron chi connectivity index (χ4n) is 1.98. The second-order valence-electron chi connectivity index (χ2n) is 4.15. The van der Waals surface area contributed by atoms with Gasteiger partial charge in [-0.2, -0.15) is 0 Å². The van der Waals surface area contributed by atoms with E-state index >= 15 is 0 Å². The molecule has 1 fully saturated rings. The molecule has 3 nitrogen and oxygen atoms in total. The second-order valence-corrected chi connectivity index (χ2v) is 5.09. The van der Waals surface area contributed by atoms with Gasteiger partial charge in [0.15, 0.2) is 0 Å². The minimum absolute atomic E-state index is 0. The number of likely N-dealkylation sites (N-methyl/N-ethyl adjacent to an activating group) is 1. The molecule has 0 bridgehead atoms. The number of thiazole rings is 1. The largest absolute Gasteiger partial charge is 0.315 e. The summed E-state index contributed by atoms with van der Waals surface area (Å²) >= 11 is 1.78. The van der Waals surface area contributed by atoms with Crippen LogP contribution in [0.3, 0.4) is 0 Å². The first kappa shape index (κ1) is 13.9. The van der Waals surface area contributed by atoms with E-state index in [1.165, 1.54) is 17.1 Å². The van der Waals surface area contributed by atoms with Gasteiger partial charge in [-0.25, -0.2) is 4.98 Å². The van der Waals surface area contributed by atoms with Gasteiger partial charge in [-0.3, -0.25) is 4.90 Å². The quantitative estimate of drug-likeness (QED) is 0.898. The van der Waals surface area contributed by atoms with E-state index in [9.17, 15) is 0 Å². The Labute approximate surface area is 108 Å². The van der Waals surface area contributed by atoms with Crippen molar-refractivity contribution in [3.63, 3.8) is 0 Å². The van der Waals surface area contributed by atoms with Crippen LogP contribution in [-0.4, -0.2) is 36.1 Å². The molecule has 5 heteroatoms. The van der Waals surface area contributed by atoms with Crippen LogP contribution in [0.1, 0.15) is 24.0 Å². The van der Waals surface area contributed by atoms with E-state index in [1.54, 1.807) is 11.3 Å². The number of nitrogens with one attached hydrogen (secondary N) is 1. The van der Waals surface area contributed by atoms with Crippen LogP contribution < -0.4 is 5.32 Å². The van der Waals surface area contributed by atoms with E-state index in [2.05, 4.69) is 34.6 Å². The molecule has 0 amide bonds. The lowest BCUT2D eigenvalue weighted by Crippen LogP contribution is -2.32. The summed E-state index contributed by atoms with van der Waals surface area (Å²) in [6, 6.07) is 0.691. The van der Waals surface area contributed by atoms with Gasteiger partial charge in [0, 0.05) is 24.5 Å². The molecule has 1 aromatic heterocycles. The van der Waals surface area contributed by atoms with Gasteiger partial charge >= 0.3 is 0 Å². The highest BCUT2D eigenvalue weighted by Gasteiger charge is 2.19. The molecule has 92 valence electrons. The molecular weight excluding hydrogens is 242 g/mol. The van der Waals surface area contributed by atoms with Crippen LogP contribution in [0.4, 0.5) is 0 Å². The molecule has 1 N–H and O–H groups in total. The summed E-state index contributed by atoms with van der Waals surface area (Å²) < 4.78 is 0. The normalized spacial score (nSPS) is 20.1. The highest BCUT2D eigenvalue weighted by atomic mass is 35.5. The standard InChI is InChI=1S/C11H19N3S.ClH/c1-3-11-13-9(8-15-11)7-14(2)10-4-5-12-6-10;/h8,10,12H,3-7H2,1-2H3;1H. The van der Waals surface area contributed by atoms with Crippen molar-refractivity contribution in [2.24, 2.45) is 0 Å². The Hall–Kier alpha value is -0.160. The molecule has 2 rings (SSSR count). The van der Waals surface area contributed by atoms with E-state index in [-0.39, 0.29) is 12.4 Å². The molecule has 1 aliphatic rings. The van der Waals surface area contributed by atoms with Gasteiger partial charge in [0.2, 0.25) is 0 Å². The van der Waals surface area contributed by atoms with Crippen molar-refractivity contribution in [3.8, 4) is 0 Å². The summed E-state index contributed by atoms with van der Waals surface area (Å²) in [5.41, 5.74) is 1.23.